The zero-order valence-electron chi connectivity index (χ0n) is 19.8. The highest BCUT2D eigenvalue weighted by atomic mass is 79.9. The van der Waals surface area contributed by atoms with Crippen molar-refractivity contribution in [1.82, 2.24) is 14.3 Å². The van der Waals surface area contributed by atoms with E-state index in [2.05, 4.69) is 30.8 Å². The molecular weight excluding hydrogens is 522 g/mol. The molecule has 1 aromatic heterocycles. The van der Waals surface area contributed by atoms with E-state index in [9.17, 15) is 14.7 Å². The largest absolute Gasteiger partial charge is 0.508 e. The molecule has 5 rings (SSSR count). The van der Waals surface area contributed by atoms with Gasteiger partial charge in [0.25, 0.3) is 0 Å². The first-order chi connectivity index (χ1) is 17.4. The third-order valence-corrected chi connectivity index (χ3v) is 7.08. The molecule has 0 bridgehead atoms. The van der Waals surface area contributed by atoms with E-state index in [0.29, 0.717) is 11.3 Å². The van der Waals surface area contributed by atoms with Crippen LogP contribution in [0.5, 0.6) is 5.75 Å². The number of phenolic OH excluding ortho intramolecular Hbond substituents is 1. The number of carbonyl (C=O) groups is 1. The van der Waals surface area contributed by atoms with Gasteiger partial charge in [0, 0.05) is 47.6 Å². The second-order valence-electron chi connectivity index (χ2n) is 8.78. The molecule has 4 aromatic rings. The van der Waals surface area contributed by atoms with Crippen LogP contribution in [0.4, 0.5) is 11.4 Å². The summed E-state index contributed by atoms with van der Waals surface area (Å²) in [5.41, 5.74) is 3.06. The molecule has 0 saturated carbocycles. The Labute approximate surface area is 217 Å². The lowest BCUT2D eigenvalue weighted by Gasteiger charge is -2.37. The first-order valence-corrected chi connectivity index (χ1v) is 12.6. The number of ketones is 1. The van der Waals surface area contributed by atoms with Gasteiger partial charge >= 0.3 is 5.69 Å². The van der Waals surface area contributed by atoms with Crippen molar-refractivity contribution in [3.63, 3.8) is 0 Å². The van der Waals surface area contributed by atoms with E-state index in [1.165, 1.54) is 15.6 Å². The van der Waals surface area contributed by atoms with Gasteiger partial charge in [0.2, 0.25) is 0 Å². The van der Waals surface area contributed by atoms with Crippen LogP contribution in [0.2, 0.25) is 0 Å². The maximum atomic E-state index is 13.1. The van der Waals surface area contributed by atoms with Gasteiger partial charge in [-0.15, -0.1) is 0 Å². The molecule has 184 valence electrons. The highest BCUT2D eigenvalue weighted by Gasteiger charge is 2.22. The van der Waals surface area contributed by atoms with Crippen LogP contribution in [0.3, 0.4) is 0 Å². The zero-order valence-corrected chi connectivity index (χ0v) is 21.4. The molecule has 3 aromatic carbocycles. The van der Waals surface area contributed by atoms with Gasteiger partial charge in [-0.2, -0.15) is 5.10 Å². The van der Waals surface area contributed by atoms with Gasteiger partial charge in [0.1, 0.15) is 18.1 Å². The Bertz CT molecular complexity index is 1400. The first-order valence-electron chi connectivity index (χ1n) is 11.8. The Kier molecular flexibility index (Phi) is 6.65. The predicted octanol–water partition coefficient (Wildman–Crippen LogP) is 4.27. The summed E-state index contributed by atoms with van der Waals surface area (Å²) in [6.45, 7) is 5.18. The van der Waals surface area contributed by atoms with Gasteiger partial charge in [-0.05, 0) is 67.6 Å². The van der Waals surface area contributed by atoms with Crippen LogP contribution in [0.15, 0.2) is 88.4 Å². The predicted molar refractivity (Wildman–Crippen MR) is 144 cm³/mol. The summed E-state index contributed by atoms with van der Waals surface area (Å²) in [6.07, 6.45) is 1.46. The number of aromatic hydroxyl groups is 1. The molecule has 2 heterocycles. The summed E-state index contributed by atoms with van der Waals surface area (Å²) in [5, 5.41) is 13.7. The van der Waals surface area contributed by atoms with Crippen LogP contribution < -0.4 is 15.5 Å². The van der Waals surface area contributed by atoms with Crippen molar-refractivity contribution < 1.29 is 9.90 Å². The molecular formula is C27H26BrN5O3. The Hall–Kier alpha value is -3.85. The second-order valence-corrected chi connectivity index (χ2v) is 9.70. The highest BCUT2D eigenvalue weighted by Crippen LogP contribution is 2.23. The van der Waals surface area contributed by atoms with Crippen molar-refractivity contribution in [2.24, 2.45) is 0 Å². The number of benzene rings is 3. The van der Waals surface area contributed by atoms with Crippen molar-refractivity contribution in [2.75, 3.05) is 36.0 Å². The number of phenols is 1. The number of hydrogen-bond acceptors (Lipinski definition) is 6. The van der Waals surface area contributed by atoms with E-state index in [1.807, 2.05) is 36.4 Å². The van der Waals surface area contributed by atoms with Gasteiger partial charge in [-0.1, -0.05) is 28.1 Å². The summed E-state index contributed by atoms with van der Waals surface area (Å²) in [5.74, 6) is 0.101. The fourth-order valence-electron chi connectivity index (χ4n) is 4.44. The van der Waals surface area contributed by atoms with E-state index in [1.54, 1.807) is 43.3 Å². The molecule has 1 unspecified atom stereocenters. The minimum atomic E-state index is -0.718. The van der Waals surface area contributed by atoms with E-state index in [-0.39, 0.29) is 17.2 Å². The number of nitrogens with zero attached hydrogens (tertiary/aromatic N) is 5. The van der Waals surface area contributed by atoms with Gasteiger partial charge in [0.15, 0.2) is 5.78 Å². The minimum absolute atomic E-state index is 0.170. The summed E-state index contributed by atoms with van der Waals surface area (Å²) < 4.78 is 3.56. The summed E-state index contributed by atoms with van der Waals surface area (Å²) in [4.78, 5) is 30.5. The van der Waals surface area contributed by atoms with Crippen LogP contribution in [-0.4, -0.2) is 51.4 Å². The number of piperazine rings is 1. The monoisotopic (exact) mass is 547 g/mol. The molecule has 9 heteroatoms. The van der Waals surface area contributed by atoms with Crippen LogP contribution in [0, 0.1) is 0 Å². The molecule has 1 aliphatic heterocycles. The lowest BCUT2D eigenvalue weighted by atomic mass is 10.1. The molecule has 0 spiro atoms. The summed E-state index contributed by atoms with van der Waals surface area (Å²) in [7, 11) is 0. The summed E-state index contributed by atoms with van der Waals surface area (Å²) in [6, 6.07) is 21.4. The zero-order chi connectivity index (χ0) is 25.2. The minimum Gasteiger partial charge on any atom is -0.508 e. The number of rotatable bonds is 6. The number of aromatic nitrogens is 3. The van der Waals surface area contributed by atoms with Crippen molar-refractivity contribution in [1.29, 1.82) is 0 Å². The van der Waals surface area contributed by atoms with Crippen LogP contribution in [0.25, 0.3) is 5.69 Å². The number of halogens is 1. The van der Waals surface area contributed by atoms with Gasteiger partial charge in [-0.3, -0.25) is 4.79 Å². The molecule has 1 aliphatic rings. The van der Waals surface area contributed by atoms with Gasteiger partial charge in [0.05, 0.1) is 5.69 Å². The van der Waals surface area contributed by atoms with E-state index in [0.717, 1.165) is 42.0 Å². The fraction of sp³-hybridized carbons (Fsp3) is 0.222. The topological polar surface area (TPSA) is 83.6 Å². The normalized spacial score (nSPS) is 14.6. The molecule has 0 amide bonds. The van der Waals surface area contributed by atoms with Crippen molar-refractivity contribution >= 4 is 33.1 Å². The van der Waals surface area contributed by atoms with Crippen LogP contribution in [0.1, 0.15) is 23.3 Å². The Morgan fingerprint density at radius 1 is 0.833 bits per heavy atom. The SMILES string of the molecule is CC(C(=O)c1ccc(Br)cc1)n1ncn(-c2ccc(N3CCN(c4ccc(O)cc4)CC3)cc2)c1=O. The maximum Gasteiger partial charge on any atom is 0.351 e. The third-order valence-electron chi connectivity index (χ3n) is 6.56. The van der Waals surface area contributed by atoms with Crippen LogP contribution >= 0.6 is 15.9 Å². The molecule has 1 atom stereocenters. The lowest BCUT2D eigenvalue weighted by molar-refractivity contribution is 0.0925. The Morgan fingerprint density at radius 2 is 1.33 bits per heavy atom. The second kappa shape index (κ2) is 10.0. The number of hydrogen-bond donors (Lipinski definition) is 1. The third kappa shape index (κ3) is 4.79. The standard InChI is InChI=1S/C27H26BrN5O3/c1-19(26(35)20-2-4-21(28)5-3-20)33-27(36)32(18-29-33)24-8-6-22(7-9-24)30-14-16-31(17-15-30)23-10-12-25(34)13-11-23/h2-13,18-19,34H,14-17H2,1H3. The van der Waals surface area contributed by atoms with E-state index >= 15 is 0 Å². The molecule has 36 heavy (non-hydrogen) atoms. The van der Waals surface area contributed by atoms with Crippen molar-refractivity contribution in [2.45, 2.75) is 13.0 Å². The average Bonchev–Trinajstić information content (AvgIpc) is 3.30. The lowest BCUT2D eigenvalue weighted by Crippen LogP contribution is -2.46. The Morgan fingerprint density at radius 3 is 1.89 bits per heavy atom. The molecule has 1 N–H and O–H groups in total. The summed E-state index contributed by atoms with van der Waals surface area (Å²) >= 11 is 3.37. The molecule has 1 saturated heterocycles. The van der Waals surface area contributed by atoms with Gasteiger partial charge < -0.3 is 14.9 Å². The van der Waals surface area contributed by atoms with Gasteiger partial charge in [-0.25, -0.2) is 14.0 Å². The molecule has 0 radical (unpaired) electrons. The van der Waals surface area contributed by atoms with Crippen LogP contribution in [-0.2, 0) is 0 Å². The fourth-order valence-corrected chi connectivity index (χ4v) is 4.70. The molecule has 0 aliphatic carbocycles. The molecule has 8 nitrogen and oxygen atoms in total. The van der Waals surface area contributed by atoms with Crippen molar-refractivity contribution in [3.8, 4) is 11.4 Å². The average molecular weight is 548 g/mol. The van der Waals surface area contributed by atoms with E-state index < -0.39 is 6.04 Å². The number of carbonyl (C=O) groups excluding carboxylic acids is 1. The Balaban J connectivity index is 1.26. The smallest absolute Gasteiger partial charge is 0.351 e. The maximum absolute atomic E-state index is 13.1. The first kappa shape index (κ1) is 23.9. The van der Waals surface area contributed by atoms with E-state index in [4.69, 9.17) is 0 Å². The number of Topliss-reactive ketones (excluding diaryl/α,β-unsaturated/α-hetero) is 1. The van der Waals surface area contributed by atoms with Crippen molar-refractivity contribution in [3.05, 3.63) is 99.6 Å². The molecule has 1 fully saturated rings. The quantitative estimate of drug-likeness (QED) is 0.363. The highest BCUT2D eigenvalue weighted by molar-refractivity contribution is 9.10. The number of anilines is 2.